The Labute approximate surface area is 325 Å². The zero-order valence-corrected chi connectivity index (χ0v) is 33.0. The molecule has 3 N–H and O–H groups in total. The zero-order chi connectivity index (χ0) is 40.7. The van der Waals surface area contributed by atoms with Gasteiger partial charge in [0.2, 0.25) is 27.7 Å². The number of amides is 6. The summed E-state index contributed by atoms with van der Waals surface area (Å²) in [5.41, 5.74) is -1.57. The number of sulfonamides is 1. The van der Waals surface area contributed by atoms with Gasteiger partial charge in [0.1, 0.15) is 35.1 Å². The van der Waals surface area contributed by atoms with Gasteiger partial charge in [0.25, 0.3) is 5.91 Å². The monoisotopic (exact) mass is 802 g/mol. The predicted octanol–water partition coefficient (Wildman–Crippen LogP) is 2.46. The van der Waals surface area contributed by atoms with Crippen molar-refractivity contribution in [2.45, 2.75) is 120 Å². The molecule has 4 fully saturated rings. The summed E-state index contributed by atoms with van der Waals surface area (Å²) in [7, 11) is -3.97. The van der Waals surface area contributed by atoms with Gasteiger partial charge in [0.15, 0.2) is 0 Å². The average Bonchev–Trinajstić information content (AvgIpc) is 4.02. The van der Waals surface area contributed by atoms with Crippen molar-refractivity contribution in [3.8, 4) is 0 Å². The fraction of sp³-hybridized carbons (Fsp3) is 0.632. The largest absolute Gasteiger partial charge is 0.444 e. The maximum absolute atomic E-state index is 14.6. The van der Waals surface area contributed by atoms with Crippen molar-refractivity contribution in [1.29, 1.82) is 0 Å². The number of rotatable bonds is 6. The molecule has 56 heavy (non-hydrogen) atoms. The lowest BCUT2D eigenvalue weighted by molar-refractivity contribution is -0.142. The first-order valence-corrected chi connectivity index (χ1v) is 20.7. The van der Waals surface area contributed by atoms with Gasteiger partial charge < -0.3 is 29.9 Å². The summed E-state index contributed by atoms with van der Waals surface area (Å²) in [5.74, 6) is -3.98. The molecule has 2 saturated carbocycles. The number of halogens is 1. The summed E-state index contributed by atoms with van der Waals surface area (Å²) in [5, 5.41) is 4.70. The van der Waals surface area contributed by atoms with E-state index in [1.807, 2.05) is 6.92 Å². The van der Waals surface area contributed by atoms with E-state index in [2.05, 4.69) is 21.9 Å². The number of nitrogens with one attached hydrogen (secondary N) is 3. The smallest absolute Gasteiger partial charge is 0.410 e. The van der Waals surface area contributed by atoms with E-state index < -0.39 is 92.2 Å². The summed E-state index contributed by atoms with van der Waals surface area (Å²) < 4.78 is 53.8. The fourth-order valence-corrected chi connectivity index (χ4v) is 9.33. The van der Waals surface area contributed by atoms with Gasteiger partial charge in [0.05, 0.1) is 24.9 Å². The van der Waals surface area contributed by atoms with Crippen LogP contribution in [0.5, 0.6) is 0 Å². The average molecular weight is 803 g/mol. The lowest BCUT2D eigenvalue weighted by Gasteiger charge is -2.32. The highest BCUT2D eigenvalue weighted by Gasteiger charge is 2.64. The Kier molecular flexibility index (Phi) is 11.4. The molecule has 2 unspecified atom stereocenters. The first-order chi connectivity index (χ1) is 26.3. The molecule has 2 saturated heterocycles. The first kappa shape index (κ1) is 40.9. The van der Waals surface area contributed by atoms with E-state index in [0.29, 0.717) is 43.2 Å². The van der Waals surface area contributed by atoms with Crippen molar-refractivity contribution in [2.75, 3.05) is 19.6 Å². The molecule has 6 amide bonds. The topological polar surface area (TPSA) is 201 Å². The third-order valence-corrected chi connectivity index (χ3v) is 13.0. The molecule has 0 radical (unpaired) electrons. The molecular formula is C38H51FN6O10S. The summed E-state index contributed by atoms with van der Waals surface area (Å²) in [4.78, 5) is 86.4. The molecule has 6 rings (SSSR count). The van der Waals surface area contributed by atoms with E-state index in [0.717, 1.165) is 11.0 Å². The molecule has 16 nitrogen and oxygen atoms in total. The van der Waals surface area contributed by atoms with Crippen LogP contribution in [-0.2, 0) is 51.8 Å². The van der Waals surface area contributed by atoms with Crippen molar-refractivity contribution in [3.63, 3.8) is 0 Å². The Morgan fingerprint density at radius 1 is 1.05 bits per heavy atom. The highest BCUT2D eigenvalue weighted by atomic mass is 32.2. The maximum atomic E-state index is 14.6. The summed E-state index contributed by atoms with van der Waals surface area (Å²) in [6.07, 6.45) is 0.728. The van der Waals surface area contributed by atoms with Crippen LogP contribution in [0.4, 0.5) is 14.0 Å². The normalized spacial score (nSPS) is 28.4. The summed E-state index contributed by atoms with van der Waals surface area (Å²) in [6.45, 7) is 10.0. The maximum Gasteiger partial charge on any atom is 0.410 e. The lowest BCUT2D eigenvalue weighted by atomic mass is 9.95. The zero-order valence-electron chi connectivity index (χ0n) is 32.2. The van der Waals surface area contributed by atoms with Crippen molar-refractivity contribution in [2.24, 2.45) is 11.8 Å². The molecular weight excluding hydrogens is 752 g/mol. The predicted molar refractivity (Wildman–Crippen MR) is 198 cm³/mol. The molecule has 3 aliphatic heterocycles. The van der Waals surface area contributed by atoms with Gasteiger partial charge in [-0.1, -0.05) is 38.5 Å². The molecule has 1 aromatic rings. The second-order valence-corrected chi connectivity index (χ2v) is 18.5. The Morgan fingerprint density at radius 3 is 2.45 bits per heavy atom. The molecule has 3 heterocycles. The van der Waals surface area contributed by atoms with Crippen molar-refractivity contribution >= 4 is 45.8 Å². The summed E-state index contributed by atoms with van der Waals surface area (Å²) in [6, 6.07) is 1.75. The molecule has 18 heteroatoms. The molecule has 306 valence electrons. The third kappa shape index (κ3) is 8.94. The number of hydrogen-bond donors (Lipinski definition) is 3. The van der Waals surface area contributed by atoms with Crippen molar-refractivity contribution in [3.05, 3.63) is 47.8 Å². The van der Waals surface area contributed by atoms with Gasteiger partial charge in [-0.3, -0.25) is 28.8 Å². The van der Waals surface area contributed by atoms with Crippen LogP contribution in [0.15, 0.2) is 30.9 Å². The molecule has 0 bridgehead atoms. The summed E-state index contributed by atoms with van der Waals surface area (Å²) >= 11 is 0. The number of ether oxygens (including phenoxy) is 2. The van der Waals surface area contributed by atoms with Crippen LogP contribution in [0.25, 0.3) is 0 Å². The number of hydrogen-bond acceptors (Lipinski definition) is 10. The third-order valence-electron chi connectivity index (χ3n) is 11.2. The van der Waals surface area contributed by atoms with Crippen molar-refractivity contribution in [1.82, 2.24) is 30.1 Å². The Morgan fingerprint density at radius 2 is 1.79 bits per heavy atom. The minimum absolute atomic E-state index is 0.0455. The lowest BCUT2D eigenvalue weighted by Crippen LogP contribution is -2.60. The van der Waals surface area contributed by atoms with Crippen LogP contribution in [0, 0.1) is 17.7 Å². The molecule has 6 atom stereocenters. The number of carbonyl (C=O) groups is 6. The quantitative estimate of drug-likeness (QED) is 0.359. The van der Waals surface area contributed by atoms with E-state index in [1.54, 1.807) is 32.9 Å². The highest BCUT2D eigenvalue weighted by molar-refractivity contribution is 7.91. The van der Waals surface area contributed by atoms with E-state index in [-0.39, 0.29) is 51.5 Å². The van der Waals surface area contributed by atoms with Gasteiger partial charge in [-0.25, -0.2) is 22.4 Å². The second-order valence-electron chi connectivity index (χ2n) is 16.6. The number of carbonyl (C=O) groups excluding carboxylic acids is 6. The number of benzene rings is 1. The van der Waals surface area contributed by atoms with Crippen molar-refractivity contribution < 1.29 is 51.0 Å². The second kappa shape index (κ2) is 15.7. The number of fused-ring (bicyclic) bond motifs is 3. The van der Waals surface area contributed by atoms with Crippen LogP contribution < -0.4 is 15.4 Å². The van der Waals surface area contributed by atoms with E-state index in [9.17, 15) is 41.6 Å². The molecule has 0 aromatic heterocycles. The van der Waals surface area contributed by atoms with Gasteiger partial charge in [0, 0.05) is 25.1 Å². The standard InChI is InChI=1S/C38H51FN6O10S/c1-6-31(46)43-15-8-7-10-22(2)27-17-38(27,34(49)42-56(52,53)25-13-14-25)41-32(47)30-16-24(54-36(51)44-18-23-11-9-12-28(39)26(23)20-44)19-45(30)33(48)29(21-43)40-35(50)55-37(3,4)5/h6,9,11-12,22,24-25,27,29-30H,1,7-8,10,13-21H2,2-5H3,(H,40,50)(H,41,47)(H,42,49)/t22?,24-,27+,29+,30?,38-/m1/s1. The van der Waals surface area contributed by atoms with Gasteiger partial charge >= 0.3 is 12.2 Å². The highest BCUT2D eigenvalue weighted by Crippen LogP contribution is 2.51. The molecule has 5 aliphatic rings. The van der Waals surface area contributed by atoms with Crippen LogP contribution in [0.1, 0.15) is 83.8 Å². The van der Waals surface area contributed by atoms with E-state index >= 15 is 0 Å². The number of nitrogens with zero attached hydrogens (tertiary/aromatic N) is 3. The van der Waals surface area contributed by atoms with Gasteiger partial charge in [-0.2, -0.15) is 0 Å². The van der Waals surface area contributed by atoms with Gasteiger partial charge in [-0.05, 0) is 76.0 Å². The number of alkyl carbamates (subject to hydrolysis) is 1. The van der Waals surface area contributed by atoms with Gasteiger partial charge in [-0.15, -0.1) is 0 Å². The van der Waals surface area contributed by atoms with E-state index in [4.69, 9.17) is 9.47 Å². The SMILES string of the molecule is C=CC(=O)N1CCCCC(C)[C@@H]2C[C@@]2(C(=O)NS(=O)(=O)C2CC2)NC(=O)C2C[C@@H](OC(=O)N3Cc4cccc(F)c4C3)CN2C(=O)[C@@H](NC(=O)OC(C)(C)C)C1. The van der Waals surface area contributed by atoms with Crippen LogP contribution in [-0.4, -0.2) is 113 Å². The minimum Gasteiger partial charge on any atom is -0.444 e. The Balaban J connectivity index is 1.32. The van der Waals surface area contributed by atoms with Crippen LogP contribution >= 0.6 is 0 Å². The van der Waals surface area contributed by atoms with Crippen LogP contribution in [0.2, 0.25) is 0 Å². The van der Waals surface area contributed by atoms with Crippen LogP contribution in [0.3, 0.4) is 0 Å². The first-order valence-electron chi connectivity index (χ1n) is 19.1. The molecule has 0 spiro atoms. The molecule has 1 aromatic carbocycles. The van der Waals surface area contributed by atoms with E-state index in [1.165, 1.54) is 15.9 Å². The Bertz CT molecular complexity index is 1900. The minimum atomic E-state index is -3.97. The fourth-order valence-electron chi connectivity index (χ4n) is 7.97. The Hall–Kier alpha value is -4.74. The molecule has 2 aliphatic carbocycles.